The highest BCUT2D eigenvalue weighted by atomic mass is 16.5. The van der Waals surface area contributed by atoms with Gasteiger partial charge in [-0.1, -0.05) is 17.7 Å². The first-order valence-electron chi connectivity index (χ1n) is 7.55. The largest absolute Gasteiger partial charge is 0.484 e. The molecule has 5 nitrogen and oxygen atoms in total. The van der Waals surface area contributed by atoms with Gasteiger partial charge in [0.2, 0.25) is 0 Å². The maximum atomic E-state index is 11.9. The zero-order valence-corrected chi connectivity index (χ0v) is 13.5. The third kappa shape index (κ3) is 3.63. The van der Waals surface area contributed by atoms with Crippen LogP contribution in [0.15, 0.2) is 57.7 Å². The van der Waals surface area contributed by atoms with Crippen LogP contribution < -0.4 is 15.7 Å². The van der Waals surface area contributed by atoms with Crippen molar-refractivity contribution < 1.29 is 13.9 Å². The predicted octanol–water partition coefficient (Wildman–Crippen LogP) is 3.43. The third-order valence-corrected chi connectivity index (χ3v) is 3.63. The molecule has 0 aliphatic heterocycles. The summed E-state index contributed by atoms with van der Waals surface area (Å²) in [6.45, 7) is 3.71. The molecule has 3 aromatic rings. The summed E-state index contributed by atoms with van der Waals surface area (Å²) in [5.41, 5.74) is 2.77. The molecule has 1 heterocycles. The summed E-state index contributed by atoms with van der Waals surface area (Å²) < 4.78 is 10.6. The Kier molecular flexibility index (Phi) is 4.33. The highest BCUT2D eigenvalue weighted by Crippen LogP contribution is 2.22. The third-order valence-electron chi connectivity index (χ3n) is 3.63. The molecule has 0 saturated carbocycles. The fourth-order valence-corrected chi connectivity index (χ4v) is 2.37. The number of ether oxygens (including phenoxy) is 1. The molecule has 3 rings (SSSR count). The topological polar surface area (TPSA) is 68.5 Å². The number of amides is 1. The fourth-order valence-electron chi connectivity index (χ4n) is 2.37. The highest BCUT2D eigenvalue weighted by molar-refractivity contribution is 5.92. The Morgan fingerprint density at radius 2 is 1.83 bits per heavy atom. The van der Waals surface area contributed by atoms with Crippen LogP contribution in [0.25, 0.3) is 11.0 Å². The quantitative estimate of drug-likeness (QED) is 0.747. The van der Waals surface area contributed by atoms with Crippen LogP contribution in [0.1, 0.15) is 11.1 Å². The maximum absolute atomic E-state index is 11.9. The molecule has 122 valence electrons. The number of rotatable bonds is 4. The minimum Gasteiger partial charge on any atom is -0.484 e. The van der Waals surface area contributed by atoms with Gasteiger partial charge in [0.15, 0.2) is 6.61 Å². The van der Waals surface area contributed by atoms with Crippen molar-refractivity contribution in [3.8, 4) is 5.75 Å². The molecule has 1 amide bonds. The van der Waals surface area contributed by atoms with Gasteiger partial charge < -0.3 is 14.5 Å². The van der Waals surface area contributed by atoms with Gasteiger partial charge in [-0.2, -0.15) is 0 Å². The van der Waals surface area contributed by atoms with E-state index >= 15 is 0 Å². The molecule has 0 fully saturated rings. The summed E-state index contributed by atoms with van der Waals surface area (Å²) in [7, 11) is 0. The molecule has 0 saturated heterocycles. The van der Waals surface area contributed by atoms with Gasteiger partial charge >= 0.3 is 5.63 Å². The van der Waals surface area contributed by atoms with Gasteiger partial charge in [0.05, 0.1) is 0 Å². The number of carbonyl (C=O) groups is 1. The monoisotopic (exact) mass is 323 g/mol. The van der Waals surface area contributed by atoms with Crippen LogP contribution in [-0.2, 0) is 4.79 Å². The first-order valence-corrected chi connectivity index (χ1v) is 7.55. The zero-order chi connectivity index (χ0) is 17.1. The molecular formula is C19H17NO4. The van der Waals surface area contributed by atoms with E-state index in [0.717, 1.165) is 22.2 Å². The van der Waals surface area contributed by atoms with E-state index in [1.54, 1.807) is 18.2 Å². The Morgan fingerprint density at radius 1 is 1.08 bits per heavy atom. The summed E-state index contributed by atoms with van der Waals surface area (Å²) in [6, 6.07) is 14.1. The number of benzene rings is 2. The maximum Gasteiger partial charge on any atom is 0.336 e. The molecule has 0 unspecified atom stereocenters. The number of nitrogens with one attached hydrogen (secondary N) is 1. The van der Waals surface area contributed by atoms with Crippen molar-refractivity contribution in [3.63, 3.8) is 0 Å². The van der Waals surface area contributed by atoms with Gasteiger partial charge in [0, 0.05) is 17.1 Å². The SMILES string of the molecule is Cc1ccc(NC(=O)COc2ccc3oc(=O)cc(C)c3c2)cc1. The van der Waals surface area contributed by atoms with E-state index in [2.05, 4.69) is 5.32 Å². The highest BCUT2D eigenvalue weighted by Gasteiger charge is 2.07. The van der Waals surface area contributed by atoms with Crippen LogP contribution in [-0.4, -0.2) is 12.5 Å². The second-order valence-corrected chi connectivity index (χ2v) is 5.61. The lowest BCUT2D eigenvalue weighted by molar-refractivity contribution is -0.118. The first kappa shape index (κ1) is 15.8. The molecule has 5 heteroatoms. The van der Waals surface area contributed by atoms with Crippen molar-refractivity contribution in [1.82, 2.24) is 0 Å². The molecule has 0 spiro atoms. The van der Waals surface area contributed by atoms with Gasteiger partial charge in [-0.05, 0) is 49.7 Å². The lowest BCUT2D eigenvalue weighted by Gasteiger charge is -2.09. The summed E-state index contributed by atoms with van der Waals surface area (Å²) in [4.78, 5) is 23.3. The van der Waals surface area contributed by atoms with Crippen molar-refractivity contribution in [3.05, 3.63) is 70.1 Å². The fraction of sp³-hybridized carbons (Fsp3) is 0.158. The molecule has 2 aromatic carbocycles. The van der Waals surface area contributed by atoms with E-state index in [-0.39, 0.29) is 18.1 Å². The van der Waals surface area contributed by atoms with Crippen LogP contribution in [0.3, 0.4) is 0 Å². The number of anilines is 1. The Hall–Kier alpha value is -3.08. The standard InChI is InChI=1S/C19H17NO4/c1-12-3-5-14(6-4-12)20-18(21)11-23-15-7-8-17-16(10-15)13(2)9-19(22)24-17/h3-10H,11H2,1-2H3,(H,20,21). The van der Waals surface area contributed by atoms with E-state index < -0.39 is 0 Å². The van der Waals surface area contributed by atoms with Crippen molar-refractivity contribution in [2.45, 2.75) is 13.8 Å². The lowest BCUT2D eigenvalue weighted by Crippen LogP contribution is -2.20. The number of hydrogen-bond acceptors (Lipinski definition) is 4. The normalized spacial score (nSPS) is 10.6. The molecule has 0 aliphatic carbocycles. The van der Waals surface area contributed by atoms with E-state index in [1.165, 1.54) is 6.07 Å². The Morgan fingerprint density at radius 3 is 2.58 bits per heavy atom. The Labute approximate surface area is 138 Å². The lowest BCUT2D eigenvalue weighted by atomic mass is 10.1. The summed E-state index contributed by atoms with van der Waals surface area (Å²) in [5.74, 6) is 0.300. The smallest absolute Gasteiger partial charge is 0.336 e. The van der Waals surface area contributed by atoms with Gasteiger partial charge in [0.1, 0.15) is 11.3 Å². The number of hydrogen-bond donors (Lipinski definition) is 1. The molecule has 0 bridgehead atoms. The summed E-state index contributed by atoms with van der Waals surface area (Å²) >= 11 is 0. The van der Waals surface area contributed by atoms with Crippen molar-refractivity contribution in [2.75, 3.05) is 11.9 Å². The van der Waals surface area contributed by atoms with Gasteiger partial charge in [-0.3, -0.25) is 4.79 Å². The van der Waals surface area contributed by atoms with Crippen LogP contribution in [0.2, 0.25) is 0 Å². The van der Waals surface area contributed by atoms with Crippen LogP contribution in [0, 0.1) is 13.8 Å². The van der Waals surface area contributed by atoms with Gasteiger partial charge in [0.25, 0.3) is 5.91 Å². The molecule has 24 heavy (non-hydrogen) atoms. The second kappa shape index (κ2) is 6.58. The van der Waals surface area contributed by atoms with Crippen molar-refractivity contribution in [1.29, 1.82) is 0 Å². The average Bonchev–Trinajstić information content (AvgIpc) is 2.55. The Balaban J connectivity index is 1.68. The van der Waals surface area contributed by atoms with Crippen molar-refractivity contribution in [2.24, 2.45) is 0 Å². The average molecular weight is 323 g/mol. The van der Waals surface area contributed by atoms with Gasteiger partial charge in [-0.15, -0.1) is 0 Å². The van der Waals surface area contributed by atoms with Crippen molar-refractivity contribution >= 4 is 22.6 Å². The second-order valence-electron chi connectivity index (χ2n) is 5.61. The van der Waals surface area contributed by atoms with Crippen LogP contribution >= 0.6 is 0 Å². The summed E-state index contributed by atoms with van der Waals surface area (Å²) in [5, 5.41) is 3.55. The minimum atomic E-state index is -0.383. The first-order chi connectivity index (χ1) is 11.5. The molecule has 0 aliphatic rings. The van der Waals surface area contributed by atoms with Gasteiger partial charge in [-0.25, -0.2) is 4.79 Å². The number of fused-ring (bicyclic) bond motifs is 1. The van der Waals surface area contributed by atoms with E-state index in [1.807, 2.05) is 38.1 Å². The minimum absolute atomic E-state index is 0.102. The van der Waals surface area contributed by atoms with Crippen LogP contribution in [0.4, 0.5) is 5.69 Å². The van der Waals surface area contributed by atoms with Crippen LogP contribution in [0.5, 0.6) is 5.75 Å². The molecular weight excluding hydrogens is 306 g/mol. The number of aryl methyl sites for hydroxylation is 2. The zero-order valence-electron chi connectivity index (χ0n) is 13.5. The molecule has 0 atom stereocenters. The molecule has 1 aromatic heterocycles. The van der Waals surface area contributed by atoms with E-state index in [4.69, 9.17) is 9.15 Å². The van der Waals surface area contributed by atoms with E-state index in [9.17, 15) is 9.59 Å². The van der Waals surface area contributed by atoms with E-state index in [0.29, 0.717) is 11.3 Å². The summed E-state index contributed by atoms with van der Waals surface area (Å²) in [6.07, 6.45) is 0. The Bertz CT molecular complexity index is 942. The number of carbonyl (C=O) groups excluding carboxylic acids is 1. The predicted molar refractivity (Wildman–Crippen MR) is 92.5 cm³/mol. The molecule has 1 N–H and O–H groups in total. The molecule has 0 radical (unpaired) electrons.